The number of carbonyl (C=O) groups is 3. The summed E-state index contributed by atoms with van der Waals surface area (Å²) in [5.41, 5.74) is 1.04. The van der Waals surface area contributed by atoms with E-state index in [2.05, 4.69) is 15.4 Å². The molecule has 1 amide bonds. The number of ether oxygens (including phenoxy) is 2. The summed E-state index contributed by atoms with van der Waals surface area (Å²) in [5.74, 6) is -0.916. The molecule has 0 aliphatic carbocycles. The van der Waals surface area contributed by atoms with E-state index in [1.165, 1.54) is 23.9 Å². The van der Waals surface area contributed by atoms with Gasteiger partial charge in [-0.05, 0) is 43.3 Å². The average Bonchev–Trinajstić information content (AvgIpc) is 3.22. The van der Waals surface area contributed by atoms with Crippen LogP contribution in [0.4, 0.5) is 5.82 Å². The Morgan fingerprint density at radius 2 is 1.85 bits per heavy atom. The molecule has 4 aromatic rings. The molecule has 9 nitrogen and oxygen atoms in total. The van der Waals surface area contributed by atoms with Gasteiger partial charge in [0, 0.05) is 17.9 Å². The number of fused-ring (bicyclic) bond motifs is 1. The number of para-hydroxylation sites is 1. The van der Waals surface area contributed by atoms with Crippen LogP contribution in [0.1, 0.15) is 34.6 Å². The van der Waals surface area contributed by atoms with E-state index in [9.17, 15) is 14.4 Å². The molecule has 2 aromatic carbocycles. The number of pyridine rings is 1. The minimum Gasteiger partial charge on any atom is -0.462 e. The van der Waals surface area contributed by atoms with Gasteiger partial charge in [0.15, 0.2) is 11.6 Å². The van der Waals surface area contributed by atoms with Gasteiger partial charge in [-0.1, -0.05) is 24.3 Å². The highest BCUT2D eigenvalue weighted by molar-refractivity contribution is 6.07. The third-order valence-corrected chi connectivity index (χ3v) is 4.66. The van der Waals surface area contributed by atoms with Crippen LogP contribution in [0, 0.1) is 0 Å². The highest BCUT2D eigenvalue weighted by Crippen LogP contribution is 2.24. The fourth-order valence-electron chi connectivity index (χ4n) is 3.22. The van der Waals surface area contributed by atoms with Crippen molar-refractivity contribution >= 4 is 34.6 Å². The molecule has 0 spiro atoms. The molecule has 0 bridgehead atoms. The Labute approximate surface area is 189 Å². The minimum absolute atomic E-state index is 0.0799. The summed E-state index contributed by atoms with van der Waals surface area (Å²) >= 11 is 0. The van der Waals surface area contributed by atoms with Crippen LogP contribution in [0.15, 0.2) is 66.9 Å². The van der Waals surface area contributed by atoms with E-state index in [0.29, 0.717) is 5.82 Å². The highest BCUT2D eigenvalue weighted by atomic mass is 16.5. The predicted octanol–water partition coefficient (Wildman–Crippen LogP) is 3.77. The Balaban J connectivity index is 1.74. The highest BCUT2D eigenvalue weighted by Gasteiger charge is 2.23. The summed E-state index contributed by atoms with van der Waals surface area (Å²) in [4.78, 5) is 41.3. The van der Waals surface area contributed by atoms with Crippen LogP contribution < -0.4 is 10.1 Å². The lowest BCUT2D eigenvalue weighted by atomic mass is 10.2. The Kier molecular flexibility index (Phi) is 6.12. The van der Waals surface area contributed by atoms with Gasteiger partial charge in [0.05, 0.1) is 18.3 Å². The first kappa shape index (κ1) is 21.7. The number of hydrogen-bond acceptors (Lipinski definition) is 7. The smallest absolute Gasteiger partial charge is 0.343 e. The summed E-state index contributed by atoms with van der Waals surface area (Å²) in [5, 5.41) is 7.93. The topological polar surface area (TPSA) is 112 Å². The quantitative estimate of drug-likeness (QED) is 0.356. The number of carbonyl (C=O) groups excluding carboxylic acids is 3. The van der Waals surface area contributed by atoms with Crippen molar-refractivity contribution in [2.45, 2.75) is 13.8 Å². The van der Waals surface area contributed by atoms with E-state index in [1.54, 1.807) is 31.2 Å². The second-order valence-electron chi connectivity index (χ2n) is 6.98. The van der Waals surface area contributed by atoms with Crippen LogP contribution in [0.3, 0.4) is 0 Å². The first-order chi connectivity index (χ1) is 16.0. The number of hydrogen-bond donors (Lipinski definition) is 1. The van der Waals surface area contributed by atoms with Crippen molar-refractivity contribution in [2.75, 3.05) is 11.9 Å². The molecule has 0 saturated carbocycles. The number of esters is 2. The zero-order valence-corrected chi connectivity index (χ0v) is 17.9. The molecule has 166 valence electrons. The molecule has 33 heavy (non-hydrogen) atoms. The zero-order chi connectivity index (χ0) is 23.4. The first-order valence-corrected chi connectivity index (χ1v) is 10.2. The summed E-state index contributed by atoms with van der Waals surface area (Å²) < 4.78 is 11.5. The van der Waals surface area contributed by atoms with Crippen LogP contribution in [-0.4, -0.2) is 39.2 Å². The summed E-state index contributed by atoms with van der Waals surface area (Å²) in [6.07, 6.45) is 1.32. The van der Waals surface area contributed by atoms with Gasteiger partial charge in [-0.25, -0.2) is 9.78 Å². The molecule has 2 aromatic heterocycles. The van der Waals surface area contributed by atoms with Crippen molar-refractivity contribution < 1.29 is 23.9 Å². The largest absolute Gasteiger partial charge is 0.462 e. The van der Waals surface area contributed by atoms with Gasteiger partial charge in [0.25, 0.3) is 5.91 Å². The maximum absolute atomic E-state index is 13.0. The third kappa shape index (κ3) is 4.72. The number of nitrogens with one attached hydrogen (secondary N) is 1. The van der Waals surface area contributed by atoms with Crippen LogP contribution in [-0.2, 0) is 9.53 Å². The van der Waals surface area contributed by atoms with E-state index in [4.69, 9.17) is 9.47 Å². The normalized spacial score (nSPS) is 10.6. The number of aromatic nitrogens is 3. The van der Waals surface area contributed by atoms with Crippen LogP contribution in [0.25, 0.3) is 16.7 Å². The van der Waals surface area contributed by atoms with Crippen molar-refractivity contribution in [3.63, 3.8) is 0 Å². The Morgan fingerprint density at radius 3 is 2.64 bits per heavy atom. The first-order valence-electron chi connectivity index (χ1n) is 10.2. The molecule has 0 aliphatic heterocycles. The number of anilines is 1. The van der Waals surface area contributed by atoms with Crippen molar-refractivity contribution in [2.24, 2.45) is 0 Å². The Bertz CT molecular complexity index is 1360. The van der Waals surface area contributed by atoms with Crippen LogP contribution in [0.2, 0.25) is 0 Å². The molecule has 0 saturated heterocycles. The number of amides is 1. The molecule has 0 atom stereocenters. The molecule has 0 aliphatic rings. The van der Waals surface area contributed by atoms with Gasteiger partial charge in [-0.2, -0.15) is 9.78 Å². The van der Waals surface area contributed by atoms with Gasteiger partial charge in [0.2, 0.25) is 0 Å². The van der Waals surface area contributed by atoms with Crippen molar-refractivity contribution in [1.82, 2.24) is 14.8 Å². The second kappa shape index (κ2) is 9.31. The second-order valence-corrected chi connectivity index (χ2v) is 6.98. The molecule has 4 rings (SSSR count). The molecule has 1 N–H and O–H groups in total. The van der Waals surface area contributed by atoms with Crippen LogP contribution in [0.5, 0.6) is 5.75 Å². The third-order valence-electron chi connectivity index (χ3n) is 4.66. The molecule has 0 fully saturated rings. The average molecular weight is 444 g/mol. The van der Waals surface area contributed by atoms with Gasteiger partial charge in [-0.3, -0.25) is 9.59 Å². The van der Waals surface area contributed by atoms with E-state index in [-0.39, 0.29) is 29.3 Å². The Hall–Kier alpha value is -4.53. The molecular formula is C24H20N4O5. The van der Waals surface area contributed by atoms with Crippen molar-refractivity contribution in [1.29, 1.82) is 0 Å². The van der Waals surface area contributed by atoms with Crippen LogP contribution >= 0.6 is 0 Å². The molecule has 0 radical (unpaired) electrons. The summed E-state index contributed by atoms with van der Waals surface area (Å²) in [7, 11) is 0. The summed E-state index contributed by atoms with van der Waals surface area (Å²) in [6.45, 7) is 3.12. The van der Waals surface area contributed by atoms with E-state index >= 15 is 0 Å². The van der Waals surface area contributed by atoms with Gasteiger partial charge >= 0.3 is 11.9 Å². The predicted molar refractivity (Wildman–Crippen MR) is 121 cm³/mol. The van der Waals surface area contributed by atoms with Crippen molar-refractivity contribution in [3.8, 4) is 11.6 Å². The number of nitrogens with zero attached hydrogens (tertiary/aromatic N) is 3. The lowest BCUT2D eigenvalue weighted by Crippen LogP contribution is -2.18. The monoisotopic (exact) mass is 444 g/mol. The molecule has 0 unspecified atom stereocenters. The maximum atomic E-state index is 13.0. The lowest BCUT2D eigenvalue weighted by Gasteiger charge is -2.12. The molecular weight excluding hydrogens is 424 g/mol. The van der Waals surface area contributed by atoms with E-state index in [1.807, 2.05) is 30.3 Å². The number of benzene rings is 2. The van der Waals surface area contributed by atoms with Gasteiger partial charge < -0.3 is 14.8 Å². The van der Waals surface area contributed by atoms with E-state index in [0.717, 1.165) is 10.9 Å². The van der Waals surface area contributed by atoms with Crippen molar-refractivity contribution in [3.05, 3.63) is 78.0 Å². The Morgan fingerprint density at radius 1 is 1.03 bits per heavy atom. The SMILES string of the molecule is CCOC(=O)c1cnn(-c2ccc3ccccc3n2)c1NC(=O)c1cccc(OC(C)=O)c1. The van der Waals surface area contributed by atoms with E-state index < -0.39 is 17.8 Å². The fraction of sp³-hybridized carbons (Fsp3) is 0.125. The fourth-order valence-corrected chi connectivity index (χ4v) is 3.22. The standard InChI is InChI=1S/C24H20N4O5/c1-3-32-24(31)19-14-25-28(21-12-11-16-7-4-5-10-20(16)26-21)22(19)27-23(30)17-8-6-9-18(13-17)33-15(2)29/h4-14H,3H2,1-2H3,(H,27,30). The molecule has 2 heterocycles. The van der Waals surface area contributed by atoms with Gasteiger partial charge in [0.1, 0.15) is 11.3 Å². The minimum atomic E-state index is -0.631. The zero-order valence-electron chi connectivity index (χ0n) is 17.9. The lowest BCUT2D eigenvalue weighted by molar-refractivity contribution is -0.131. The maximum Gasteiger partial charge on any atom is 0.343 e. The molecule has 9 heteroatoms. The van der Waals surface area contributed by atoms with Gasteiger partial charge in [-0.15, -0.1) is 0 Å². The summed E-state index contributed by atoms with van der Waals surface area (Å²) in [6, 6.07) is 17.3. The number of rotatable bonds is 6.